The predicted molar refractivity (Wildman–Crippen MR) is 109 cm³/mol. The van der Waals surface area contributed by atoms with E-state index < -0.39 is 31.6 Å². The molecule has 9 heteroatoms. The Kier molecular flexibility index (Phi) is 8.02. The molecule has 0 spiro atoms. The minimum Gasteiger partial charge on any atom is -0.778 e. The van der Waals surface area contributed by atoms with Gasteiger partial charge in [0.2, 0.25) is 5.91 Å². The molecule has 0 aliphatic rings. The Morgan fingerprint density at radius 2 is 2.00 bits per heavy atom. The third-order valence-electron chi connectivity index (χ3n) is 4.48. The van der Waals surface area contributed by atoms with Crippen LogP contribution in [0.5, 0.6) is 0 Å². The summed E-state index contributed by atoms with van der Waals surface area (Å²) in [5.74, 6) is -1.95. The number of fused-ring (bicyclic) bond motifs is 1. The number of hydrogen-bond acceptors (Lipinski definition) is 5. The van der Waals surface area contributed by atoms with Crippen LogP contribution in [-0.2, 0) is 25.1 Å². The first-order valence-corrected chi connectivity index (χ1v) is 11.4. The SMILES string of the molecule is CCCP(=O)([O-])O[C@@H](CC(C)C)C(=O)N[C@@H](Cc1c[nH]c2ccccc12)C(=O)O. The smallest absolute Gasteiger partial charge is 0.326 e. The highest BCUT2D eigenvalue weighted by Gasteiger charge is 2.29. The highest BCUT2D eigenvalue weighted by Crippen LogP contribution is 2.40. The topological polar surface area (TPSA) is 132 Å². The van der Waals surface area contributed by atoms with Crippen molar-refractivity contribution >= 4 is 30.4 Å². The summed E-state index contributed by atoms with van der Waals surface area (Å²) in [5, 5.41) is 12.9. The molecule has 1 amide bonds. The quantitative estimate of drug-likeness (QED) is 0.476. The monoisotopic (exact) mass is 423 g/mol. The first-order valence-electron chi connectivity index (χ1n) is 9.69. The van der Waals surface area contributed by atoms with Crippen molar-refractivity contribution in [3.63, 3.8) is 0 Å². The fraction of sp³-hybridized carbons (Fsp3) is 0.500. The highest BCUT2D eigenvalue weighted by atomic mass is 31.2. The van der Waals surface area contributed by atoms with Crippen LogP contribution in [0.15, 0.2) is 30.5 Å². The number of hydrogen-bond donors (Lipinski definition) is 3. The van der Waals surface area contributed by atoms with Crippen molar-refractivity contribution in [2.24, 2.45) is 5.92 Å². The van der Waals surface area contributed by atoms with Crippen LogP contribution in [0, 0.1) is 5.92 Å². The van der Waals surface area contributed by atoms with Crippen molar-refractivity contribution in [1.82, 2.24) is 10.3 Å². The van der Waals surface area contributed by atoms with Gasteiger partial charge in [-0.3, -0.25) is 4.79 Å². The molecule has 1 aromatic heterocycles. The van der Waals surface area contributed by atoms with Crippen LogP contribution >= 0.6 is 7.60 Å². The molecule has 2 aromatic rings. The zero-order valence-electron chi connectivity index (χ0n) is 16.9. The third-order valence-corrected chi connectivity index (χ3v) is 6.05. The van der Waals surface area contributed by atoms with Gasteiger partial charge in [-0.05, 0) is 30.4 Å². The summed E-state index contributed by atoms with van der Waals surface area (Å²) in [4.78, 5) is 39.6. The van der Waals surface area contributed by atoms with E-state index in [2.05, 4.69) is 10.3 Å². The molecule has 3 atom stereocenters. The van der Waals surface area contributed by atoms with Gasteiger partial charge in [-0.2, -0.15) is 0 Å². The zero-order chi connectivity index (χ0) is 21.6. The molecule has 8 nitrogen and oxygen atoms in total. The van der Waals surface area contributed by atoms with Gasteiger partial charge in [0.05, 0.1) is 0 Å². The van der Waals surface area contributed by atoms with Crippen LogP contribution in [0.2, 0.25) is 0 Å². The van der Waals surface area contributed by atoms with E-state index in [1.807, 2.05) is 38.1 Å². The van der Waals surface area contributed by atoms with Crippen LogP contribution < -0.4 is 10.2 Å². The molecule has 0 saturated carbocycles. The summed E-state index contributed by atoms with van der Waals surface area (Å²) in [5.41, 5.74) is 1.61. The number of rotatable bonds is 11. The van der Waals surface area contributed by atoms with Gasteiger partial charge in [0.25, 0.3) is 0 Å². The van der Waals surface area contributed by atoms with Crippen molar-refractivity contribution < 1.29 is 28.7 Å². The molecular formula is C20H28N2O6P-. The fourth-order valence-electron chi connectivity index (χ4n) is 3.13. The van der Waals surface area contributed by atoms with Gasteiger partial charge in [-0.25, -0.2) is 4.79 Å². The zero-order valence-corrected chi connectivity index (χ0v) is 17.8. The number of aliphatic carboxylic acids is 1. The average molecular weight is 423 g/mol. The molecule has 0 aliphatic carbocycles. The lowest BCUT2D eigenvalue weighted by atomic mass is 10.0. The van der Waals surface area contributed by atoms with Crippen molar-refractivity contribution in [1.29, 1.82) is 0 Å². The van der Waals surface area contributed by atoms with E-state index in [4.69, 9.17) is 4.52 Å². The van der Waals surface area contributed by atoms with Gasteiger partial charge in [0, 0.05) is 29.7 Å². The van der Waals surface area contributed by atoms with E-state index in [1.165, 1.54) is 0 Å². The minimum atomic E-state index is -4.18. The van der Waals surface area contributed by atoms with Gasteiger partial charge in [-0.1, -0.05) is 39.0 Å². The Morgan fingerprint density at radius 1 is 1.31 bits per heavy atom. The summed E-state index contributed by atoms with van der Waals surface area (Å²) in [6, 6.07) is 6.24. The van der Waals surface area contributed by atoms with Crippen LogP contribution in [0.25, 0.3) is 10.9 Å². The number of benzene rings is 1. The van der Waals surface area contributed by atoms with Gasteiger partial charge < -0.3 is 29.4 Å². The number of aromatic nitrogens is 1. The van der Waals surface area contributed by atoms with E-state index in [9.17, 15) is 24.2 Å². The molecule has 160 valence electrons. The lowest BCUT2D eigenvalue weighted by molar-refractivity contribution is -0.203. The molecule has 1 heterocycles. The van der Waals surface area contributed by atoms with Crippen LogP contribution in [0.3, 0.4) is 0 Å². The van der Waals surface area contributed by atoms with E-state index >= 15 is 0 Å². The summed E-state index contributed by atoms with van der Waals surface area (Å²) in [6.07, 6.45) is 0.878. The molecule has 29 heavy (non-hydrogen) atoms. The molecule has 1 aromatic carbocycles. The second-order valence-electron chi connectivity index (χ2n) is 7.52. The number of H-pyrrole nitrogens is 1. The number of amides is 1. The predicted octanol–water partition coefficient (Wildman–Crippen LogP) is 2.67. The number of carboxylic acid groups (broad SMARTS) is 1. The molecule has 2 rings (SSSR count). The molecule has 0 fully saturated rings. The van der Waals surface area contributed by atoms with Crippen molar-refractivity contribution in [3.8, 4) is 0 Å². The second-order valence-corrected chi connectivity index (χ2v) is 9.40. The van der Waals surface area contributed by atoms with Crippen LogP contribution in [-0.4, -0.2) is 40.3 Å². The molecule has 3 N–H and O–H groups in total. The lowest BCUT2D eigenvalue weighted by Crippen LogP contribution is -2.47. The first-order chi connectivity index (χ1) is 13.6. The Balaban J connectivity index is 2.16. The van der Waals surface area contributed by atoms with Crippen LogP contribution in [0.4, 0.5) is 0 Å². The molecule has 0 saturated heterocycles. The molecule has 0 radical (unpaired) electrons. The maximum Gasteiger partial charge on any atom is 0.326 e. The highest BCUT2D eigenvalue weighted by molar-refractivity contribution is 7.51. The van der Waals surface area contributed by atoms with E-state index in [0.29, 0.717) is 6.42 Å². The Morgan fingerprint density at radius 3 is 2.62 bits per heavy atom. The maximum atomic E-state index is 12.7. The average Bonchev–Trinajstić information content (AvgIpc) is 3.03. The third kappa shape index (κ3) is 6.70. The summed E-state index contributed by atoms with van der Waals surface area (Å²) >= 11 is 0. The standard InChI is InChI=1S/C20H29N2O6P/c1-4-9-29(26,27)28-18(10-13(2)3)19(23)22-17(20(24)25)11-14-12-21-16-8-6-5-7-15(14)16/h5-8,12-13,17-18,21H,4,9-11H2,1-3H3,(H,22,23)(H,24,25)(H,26,27)/p-1/t17-,18-/m0/s1. The molecule has 0 aliphatic heterocycles. The molecular weight excluding hydrogens is 395 g/mol. The number of aromatic amines is 1. The van der Waals surface area contributed by atoms with Crippen molar-refractivity contribution in [2.45, 2.75) is 52.2 Å². The number of nitrogens with one attached hydrogen (secondary N) is 2. The summed E-state index contributed by atoms with van der Waals surface area (Å²) in [7, 11) is -4.18. The number of para-hydroxylation sites is 1. The Hall–Kier alpha value is -2.15. The van der Waals surface area contributed by atoms with Gasteiger partial charge in [0.1, 0.15) is 19.7 Å². The second kappa shape index (κ2) is 10.1. The molecule has 0 bridgehead atoms. The number of carbonyl (C=O) groups is 2. The molecule has 1 unspecified atom stereocenters. The number of carbonyl (C=O) groups excluding carboxylic acids is 1. The van der Waals surface area contributed by atoms with Crippen molar-refractivity contribution in [2.75, 3.05) is 6.16 Å². The lowest BCUT2D eigenvalue weighted by Gasteiger charge is -2.29. The Bertz CT molecular complexity index is 894. The number of carboxylic acids is 1. The van der Waals surface area contributed by atoms with E-state index in [-0.39, 0.29) is 24.9 Å². The normalized spacial score (nSPS) is 15.8. The van der Waals surface area contributed by atoms with Gasteiger partial charge in [-0.15, -0.1) is 0 Å². The van der Waals surface area contributed by atoms with Gasteiger partial charge in [0.15, 0.2) is 0 Å². The van der Waals surface area contributed by atoms with Crippen LogP contribution in [0.1, 0.15) is 39.2 Å². The summed E-state index contributed by atoms with van der Waals surface area (Å²) < 4.78 is 17.2. The Labute approximate surface area is 170 Å². The summed E-state index contributed by atoms with van der Waals surface area (Å²) in [6.45, 7) is 5.37. The minimum absolute atomic E-state index is 0.00993. The van der Waals surface area contributed by atoms with Gasteiger partial charge >= 0.3 is 5.97 Å². The van der Waals surface area contributed by atoms with E-state index in [0.717, 1.165) is 16.5 Å². The van der Waals surface area contributed by atoms with Crippen molar-refractivity contribution in [3.05, 3.63) is 36.0 Å². The largest absolute Gasteiger partial charge is 0.778 e. The first kappa shape index (κ1) is 23.1. The van der Waals surface area contributed by atoms with E-state index in [1.54, 1.807) is 13.1 Å². The maximum absolute atomic E-state index is 12.7. The fourth-order valence-corrected chi connectivity index (χ4v) is 4.35.